The molecular weight excluding hydrogens is 781 g/mol. The fraction of sp³-hybridized carbons (Fsp3) is 0.0462. The van der Waals surface area contributed by atoms with Crippen LogP contribution in [0.1, 0.15) is 25.0 Å². The first-order valence-corrected chi connectivity index (χ1v) is 22.8. The van der Waals surface area contributed by atoms with Gasteiger partial charge < -0.3 is 0 Å². The third-order valence-electron chi connectivity index (χ3n) is 14.4. The molecule has 0 saturated heterocycles. The third kappa shape index (κ3) is 5.70. The van der Waals surface area contributed by atoms with Gasteiger partial charge in [-0.15, -0.1) is 0 Å². The standard InChI is InChI=1S/C65H44/c1-65(2)58-29-15-14-27-55(58)64-56(28-16-30-59(64)65)63-53-26-13-12-25-52(53)62(54-38-37-47(40-57(54)63)46-36-31-41-17-6-7-20-45(41)39-46)44-34-32-43(33-35-44)61-50-23-10-8-21-48(50)60(42-18-4-3-5-19-42)49-22-9-11-24-51(49)61/h3-40H,1-2H3. The van der Waals surface area contributed by atoms with Gasteiger partial charge >= 0.3 is 0 Å². The molecule has 0 radical (unpaired) electrons. The van der Waals surface area contributed by atoms with E-state index in [-0.39, 0.29) is 5.41 Å². The summed E-state index contributed by atoms with van der Waals surface area (Å²) < 4.78 is 0. The summed E-state index contributed by atoms with van der Waals surface area (Å²) in [6, 6.07) is 86.0. The number of hydrogen-bond acceptors (Lipinski definition) is 0. The molecule has 12 aromatic carbocycles. The summed E-state index contributed by atoms with van der Waals surface area (Å²) >= 11 is 0. The van der Waals surface area contributed by atoms with Crippen LogP contribution in [0, 0.1) is 0 Å². The lowest BCUT2D eigenvalue weighted by Crippen LogP contribution is -2.14. The molecule has 0 aromatic heterocycles. The molecule has 0 aliphatic heterocycles. The van der Waals surface area contributed by atoms with Crippen molar-refractivity contribution in [3.63, 3.8) is 0 Å². The largest absolute Gasteiger partial charge is 0.0622 e. The van der Waals surface area contributed by atoms with E-state index in [1.54, 1.807) is 0 Å². The van der Waals surface area contributed by atoms with Crippen LogP contribution in [0.2, 0.25) is 0 Å². The van der Waals surface area contributed by atoms with Crippen molar-refractivity contribution >= 4 is 53.9 Å². The Labute approximate surface area is 379 Å². The van der Waals surface area contributed by atoms with Crippen molar-refractivity contribution in [2.75, 3.05) is 0 Å². The summed E-state index contributed by atoms with van der Waals surface area (Å²) in [6.45, 7) is 4.76. The van der Waals surface area contributed by atoms with Crippen LogP contribution in [0.15, 0.2) is 231 Å². The van der Waals surface area contributed by atoms with Gasteiger partial charge in [0.2, 0.25) is 0 Å². The monoisotopic (exact) mass is 824 g/mol. The predicted molar refractivity (Wildman–Crippen MR) is 279 cm³/mol. The van der Waals surface area contributed by atoms with Crippen molar-refractivity contribution in [3.8, 4) is 66.8 Å². The third-order valence-corrected chi connectivity index (χ3v) is 14.4. The van der Waals surface area contributed by atoms with Crippen LogP contribution in [0.25, 0.3) is 121 Å². The van der Waals surface area contributed by atoms with Crippen molar-refractivity contribution in [1.82, 2.24) is 0 Å². The van der Waals surface area contributed by atoms with Gasteiger partial charge in [-0.1, -0.05) is 232 Å². The number of fused-ring (bicyclic) bond motifs is 8. The maximum atomic E-state index is 2.47. The van der Waals surface area contributed by atoms with E-state index in [1.807, 2.05) is 0 Å². The van der Waals surface area contributed by atoms with Gasteiger partial charge in [-0.25, -0.2) is 0 Å². The Bertz CT molecular complexity index is 3830. The second-order valence-corrected chi connectivity index (χ2v) is 18.3. The average molecular weight is 825 g/mol. The van der Waals surface area contributed by atoms with Crippen molar-refractivity contribution in [2.24, 2.45) is 0 Å². The highest BCUT2D eigenvalue weighted by molar-refractivity contribution is 6.24. The number of benzene rings is 12. The summed E-state index contributed by atoms with van der Waals surface area (Å²) in [6.07, 6.45) is 0. The molecule has 0 N–H and O–H groups in total. The number of rotatable bonds is 5. The SMILES string of the molecule is CC1(C)c2ccccc2-c2c(-c3c4ccccc4c(-c4ccc(-c5c6ccccc6c(-c6ccccc6)c6ccccc56)cc4)c4ccc(-c5ccc6ccccc6c5)cc34)cccc21. The molecule has 0 saturated carbocycles. The van der Waals surface area contributed by atoms with E-state index in [1.165, 1.54) is 132 Å². The lowest BCUT2D eigenvalue weighted by molar-refractivity contribution is 0.660. The second-order valence-electron chi connectivity index (χ2n) is 18.3. The Morgan fingerprint density at radius 1 is 0.231 bits per heavy atom. The normalized spacial score (nSPS) is 12.9. The summed E-state index contributed by atoms with van der Waals surface area (Å²) in [5, 5.41) is 12.6. The van der Waals surface area contributed by atoms with Crippen molar-refractivity contribution < 1.29 is 0 Å². The molecule has 0 bridgehead atoms. The van der Waals surface area contributed by atoms with Crippen LogP contribution in [0.3, 0.4) is 0 Å². The maximum Gasteiger partial charge on any atom is 0.0159 e. The van der Waals surface area contributed by atoms with E-state index in [4.69, 9.17) is 0 Å². The van der Waals surface area contributed by atoms with Gasteiger partial charge in [-0.3, -0.25) is 0 Å². The Balaban J connectivity index is 1.07. The first-order chi connectivity index (χ1) is 32.0. The lowest BCUT2D eigenvalue weighted by Gasteiger charge is -2.23. The van der Waals surface area contributed by atoms with Crippen molar-refractivity contribution in [2.45, 2.75) is 19.3 Å². The zero-order chi connectivity index (χ0) is 43.2. The molecule has 65 heavy (non-hydrogen) atoms. The van der Waals surface area contributed by atoms with Gasteiger partial charge in [0.05, 0.1) is 0 Å². The average Bonchev–Trinajstić information content (AvgIpc) is 3.60. The van der Waals surface area contributed by atoms with Crippen LogP contribution in [-0.2, 0) is 5.41 Å². The fourth-order valence-corrected chi connectivity index (χ4v) is 11.4. The minimum Gasteiger partial charge on any atom is -0.0622 e. The van der Waals surface area contributed by atoms with E-state index in [0.29, 0.717) is 0 Å². The Hall–Kier alpha value is -8.06. The molecule has 12 aromatic rings. The fourth-order valence-electron chi connectivity index (χ4n) is 11.4. The second kappa shape index (κ2) is 14.5. The molecule has 0 heterocycles. The summed E-state index contributed by atoms with van der Waals surface area (Å²) in [7, 11) is 0. The summed E-state index contributed by atoms with van der Waals surface area (Å²) in [4.78, 5) is 0. The van der Waals surface area contributed by atoms with E-state index in [9.17, 15) is 0 Å². The topological polar surface area (TPSA) is 0 Å². The van der Waals surface area contributed by atoms with Crippen LogP contribution in [0.5, 0.6) is 0 Å². The molecule has 0 spiro atoms. The van der Waals surface area contributed by atoms with Crippen LogP contribution >= 0.6 is 0 Å². The highest BCUT2D eigenvalue weighted by atomic mass is 14.4. The van der Waals surface area contributed by atoms with Crippen molar-refractivity contribution in [3.05, 3.63) is 242 Å². The predicted octanol–water partition coefficient (Wildman–Crippen LogP) is 18.1. The van der Waals surface area contributed by atoms with E-state index >= 15 is 0 Å². The first kappa shape index (κ1) is 37.5. The molecule has 304 valence electrons. The quantitative estimate of drug-likeness (QED) is 0.152. The van der Waals surface area contributed by atoms with Gasteiger partial charge in [-0.05, 0) is 144 Å². The number of hydrogen-bond donors (Lipinski definition) is 0. The van der Waals surface area contributed by atoms with Crippen molar-refractivity contribution in [1.29, 1.82) is 0 Å². The highest BCUT2D eigenvalue weighted by Gasteiger charge is 2.37. The van der Waals surface area contributed by atoms with Crippen LogP contribution in [-0.4, -0.2) is 0 Å². The molecule has 1 aliphatic rings. The molecule has 0 nitrogen and oxygen atoms in total. The molecule has 0 atom stereocenters. The Morgan fingerprint density at radius 3 is 1.26 bits per heavy atom. The zero-order valence-electron chi connectivity index (χ0n) is 36.4. The highest BCUT2D eigenvalue weighted by Crippen LogP contribution is 2.55. The Kier molecular flexibility index (Phi) is 8.36. The van der Waals surface area contributed by atoms with E-state index < -0.39 is 0 Å². The smallest absolute Gasteiger partial charge is 0.0159 e. The molecule has 0 fully saturated rings. The van der Waals surface area contributed by atoms with Crippen LogP contribution in [0.4, 0.5) is 0 Å². The van der Waals surface area contributed by atoms with Gasteiger partial charge in [0.15, 0.2) is 0 Å². The first-order valence-electron chi connectivity index (χ1n) is 22.8. The molecule has 0 heteroatoms. The lowest BCUT2D eigenvalue weighted by atomic mass is 9.80. The molecular formula is C65H44. The minimum absolute atomic E-state index is 0.107. The summed E-state index contributed by atoms with van der Waals surface area (Å²) in [5.41, 5.74) is 17.8. The molecule has 13 rings (SSSR count). The zero-order valence-corrected chi connectivity index (χ0v) is 36.4. The van der Waals surface area contributed by atoms with Gasteiger partial charge in [0.1, 0.15) is 0 Å². The summed E-state index contributed by atoms with van der Waals surface area (Å²) in [5.74, 6) is 0. The van der Waals surface area contributed by atoms with Crippen LogP contribution < -0.4 is 0 Å². The van der Waals surface area contributed by atoms with E-state index in [2.05, 4.69) is 244 Å². The maximum absolute atomic E-state index is 2.47. The molecule has 1 aliphatic carbocycles. The Morgan fingerprint density at radius 2 is 0.646 bits per heavy atom. The molecule has 0 unspecified atom stereocenters. The minimum atomic E-state index is -0.107. The van der Waals surface area contributed by atoms with Gasteiger partial charge in [-0.2, -0.15) is 0 Å². The van der Waals surface area contributed by atoms with Gasteiger partial charge in [0, 0.05) is 5.41 Å². The van der Waals surface area contributed by atoms with E-state index in [0.717, 1.165) is 0 Å². The molecule has 0 amide bonds. The van der Waals surface area contributed by atoms with Gasteiger partial charge in [0.25, 0.3) is 0 Å².